The van der Waals surface area contributed by atoms with Crippen molar-refractivity contribution in [3.8, 4) is 11.1 Å². The Balaban J connectivity index is 1.21. The first kappa shape index (κ1) is 25.3. The monoisotopic (exact) mass is 539 g/mol. The Labute approximate surface area is 234 Å². The number of amides is 2. The Hall–Kier alpha value is -3.72. The highest BCUT2D eigenvalue weighted by Gasteiger charge is 2.46. The average Bonchev–Trinajstić information content (AvgIpc) is 3.36. The minimum Gasteiger partial charge on any atom is -0.348 e. The molecule has 9 nitrogen and oxygen atoms in total. The maximum absolute atomic E-state index is 13.1. The molecule has 3 aliphatic heterocycles. The van der Waals surface area contributed by atoms with E-state index in [1.54, 1.807) is 0 Å². The molecule has 1 aliphatic carbocycles. The SMILES string of the molecule is CN(C)Cc1nc(Nc2ccc(-c3cnn4c3CC3(CC4)CC3)c3c2C(=O)NC3)ccc1[C@@H]1CCN(C)C(=O)C1. The van der Waals surface area contributed by atoms with Gasteiger partial charge in [-0.15, -0.1) is 0 Å². The lowest BCUT2D eigenvalue weighted by Crippen LogP contribution is -2.35. The predicted molar refractivity (Wildman–Crippen MR) is 153 cm³/mol. The number of pyridine rings is 1. The summed E-state index contributed by atoms with van der Waals surface area (Å²) in [5.41, 5.74) is 8.63. The van der Waals surface area contributed by atoms with E-state index in [-0.39, 0.29) is 17.7 Å². The molecule has 1 saturated carbocycles. The molecule has 1 atom stereocenters. The number of carbonyl (C=O) groups is 2. The summed E-state index contributed by atoms with van der Waals surface area (Å²) in [7, 11) is 5.93. The fourth-order valence-corrected chi connectivity index (χ4v) is 6.84. The molecule has 2 aromatic heterocycles. The van der Waals surface area contributed by atoms with Crippen LogP contribution >= 0.6 is 0 Å². The lowest BCUT2D eigenvalue weighted by Gasteiger charge is -2.30. The van der Waals surface area contributed by atoms with E-state index in [9.17, 15) is 9.59 Å². The largest absolute Gasteiger partial charge is 0.348 e. The average molecular weight is 540 g/mol. The van der Waals surface area contributed by atoms with Crippen LogP contribution in [-0.4, -0.2) is 64.1 Å². The van der Waals surface area contributed by atoms with Crippen molar-refractivity contribution in [3.05, 3.63) is 58.5 Å². The normalized spacial score (nSPS) is 21.0. The molecule has 0 unspecified atom stereocenters. The van der Waals surface area contributed by atoms with Gasteiger partial charge in [-0.05, 0) is 86.4 Å². The number of hydrogen-bond acceptors (Lipinski definition) is 6. The lowest BCUT2D eigenvalue weighted by atomic mass is 9.88. The van der Waals surface area contributed by atoms with Gasteiger partial charge in [0.05, 0.1) is 23.1 Å². The molecular weight excluding hydrogens is 502 g/mol. The Morgan fingerprint density at radius 2 is 1.95 bits per heavy atom. The third kappa shape index (κ3) is 4.36. The molecule has 4 aliphatic rings. The molecule has 5 heterocycles. The first-order valence-corrected chi connectivity index (χ1v) is 14.4. The highest BCUT2D eigenvalue weighted by atomic mass is 16.2. The van der Waals surface area contributed by atoms with Crippen molar-refractivity contribution in [3.63, 3.8) is 0 Å². The zero-order valence-corrected chi connectivity index (χ0v) is 23.6. The van der Waals surface area contributed by atoms with Gasteiger partial charge in [0.15, 0.2) is 0 Å². The van der Waals surface area contributed by atoms with E-state index in [4.69, 9.17) is 10.1 Å². The molecule has 1 spiro atoms. The fraction of sp³-hybridized carbons (Fsp3) is 0.484. The Morgan fingerprint density at radius 1 is 1.10 bits per heavy atom. The molecule has 0 bridgehead atoms. The minimum atomic E-state index is -0.0611. The molecule has 3 aromatic rings. The number of carbonyl (C=O) groups excluding carboxylic acids is 2. The minimum absolute atomic E-state index is 0.0611. The van der Waals surface area contributed by atoms with Crippen molar-refractivity contribution in [2.75, 3.05) is 33.0 Å². The molecule has 208 valence electrons. The molecule has 2 fully saturated rings. The van der Waals surface area contributed by atoms with Crippen molar-refractivity contribution in [1.82, 2.24) is 29.9 Å². The Kier molecular flexibility index (Phi) is 5.96. The van der Waals surface area contributed by atoms with Gasteiger partial charge in [-0.1, -0.05) is 12.1 Å². The maximum atomic E-state index is 13.1. The van der Waals surface area contributed by atoms with Crippen LogP contribution in [0.25, 0.3) is 11.1 Å². The number of likely N-dealkylation sites (tertiary alicyclic amines) is 1. The number of piperidine rings is 1. The summed E-state index contributed by atoms with van der Waals surface area (Å²) < 4.78 is 2.16. The second-order valence-corrected chi connectivity index (χ2v) is 12.5. The molecule has 2 amide bonds. The Bertz CT molecular complexity index is 1520. The van der Waals surface area contributed by atoms with Crippen molar-refractivity contribution in [2.45, 2.75) is 64.1 Å². The van der Waals surface area contributed by atoms with Crippen molar-refractivity contribution >= 4 is 23.3 Å². The fourth-order valence-electron chi connectivity index (χ4n) is 6.84. The molecule has 7 rings (SSSR count). The molecule has 0 radical (unpaired) electrons. The first-order chi connectivity index (χ1) is 19.3. The van der Waals surface area contributed by atoms with Crippen LogP contribution in [0.3, 0.4) is 0 Å². The van der Waals surface area contributed by atoms with Gasteiger partial charge in [0.1, 0.15) is 5.82 Å². The summed E-state index contributed by atoms with van der Waals surface area (Å²) in [6, 6.07) is 8.23. The second kappa shape index (κ2) is 9.44. The van der Waals surface area contributed by atoms with Crippen LogP contribution in [0.5, 0.6) is 0 Å². The number of nitrogens with one attached hydrogen (secondary N) is 2. The first-order valence-electron chi connectivity index (χ1n) is 14.4. The quantitative estimate of drug-likeness (QED) is 0.491. The number of rotatable bonds is 6. The van der Waals surface area contributed by atoms with Crippen molar-refractivity contribution in [1.29, 1.82) is 0 Å². The summed E-state index contributed by atoms with van der Waals surface area (Å²) in [5, 5.41) is 11.2. The summed E-state index contributed by atoms with van der Waals surface area (Å²) in [5.74, 6) is 0.997. The van der Waals surface area contributed by atoms with Crippen LogP contribution in [0.4, 0.5) is 11.5 Å². The van der Waals surface area contributed by atoms with Gasteiger partial charge in [0.25, 0.3) is 5.91 Å². The van der Waals surface area contributed by atoms with Gasteiger partial charge in [-0.2, -0.15) is 5.10 Å². The zero-order valence-electron chi connectivity index (χ0n) is 23.6. The Morgan fingerprint density at radius 3 is 2.73 bits per heavy atom. The van der Waals surface area contributed by atoms with Gasteiger partial charge < -0.3 is 20.4 Å². The number of anilines is 2. The van der Waals surface area contributed by atoms with Crippen molar-refractivity contribution in [2.24, 2.45) is 5.41 Å². The number of aryl methyl sites for hydroxylation is 1. The predicted octanol–water partition coefficient (Wildman–Crippen LogP) is 4.06. The van der Waals surface area contributed by atoms with E-state index in [0.29, 0.717) is 36.3 Å². The van der Waals surface area contributed by atoms with Crippen LogP contribution in [-0.2, 0) is 30.8 Å². The molecule has 1 saturated heterocycles. The number of hydrogen-bond donors (Lipinski definition) is 2. The van der Waals surface area contributed by atoms with Crippen LogP contribution in [0.1, 0.15) is 70.9 Å². The number of aromatic nitrogens is 3. The van der Waals surface area contributed by atoms with E-state index in [1.165, 1.54) is 25.0 Å². The standard InChI is InChI=1S/C31H37N7O2/c1-36(2)18-25-20(19-8-12-37(3)28(39)14-19)5-7-27(35-25)34-24-6-4-21(23-16-32-30(40)29(23)24)22-17-33-38-13-11-31(9-10-31)15-26(22)38/h4-7,17,19H,8-16,18H2,1-3H3,(H,32,40)(H,34,35)/t19-/m1/s1. The maximum Gasteiger partial charge on any atom is 0.254 e. The summed E-state index contributed by atoms with van der Waals surface area (Å²) in [6.07, 6.45) is 8.36. The van der Waals surface area contributed by atoms with Crippen LogP contribution in [0.2, 0.25) is 0 Å². The third-order valence-electron chi connectivity index (χ3n) is 9.40. The summed E-state index contributed by atoms with van der Waals surface area (Å²) in [6.45, 7) is 2.94. The summed E-state index contributed by atoms with van der Waals surface area (Å²) >= 11 is 0. The van der Waals surface area contributed by atoms with E-state index in [1.807, 2.05) is 44.4 Å². The molecule has 40 heavy (non-hydrogen) atoms. The summed E-state index contributed by atoms with van der Waals surface area (Å²) in [4.78, 5) is 34.4. The number of fused-ring (bicyclic) bond motifs is 2. The highest BCUT2D eigenvalue weighted by Crippen LogP contribution is 2.54. The molecule has 1 aromatic carbocycles. The number of nitrogens with zero attached hydrogens (tertiary/aromatic N) is 5. The van der Waals surface area contributed by atoms with E-state index in [2.05, 4.69) is 32.3 Å². The van der Waals surface area contributed by atoms with E-state index in [0.717, 1.165) is 59.6 Å². The van der Waals surface area contributed by atoms with E-state index < -0.39 is 0 Å². The molecular formula is C31H37N7O2. The van der Waals surface area contributed by atoms with Crippen LogP contribution in [0.15, 0.2) is 30.5 Å². The van der Waals surface area contributed by atoms with Gasteiger partial charge >= 0.3 is 0 Å². The van der Waals surface area contributed by atoms with Gasteiger partial charge in [0, 0.05) is 50.9 Å². The molecule has 2 N–H and O–H groups in total. The van der Waals surface area contributed by atoms with Gasteiger partial charge in [-0.25, -0.2) is 4.98 Å². The van der Waals surface area contributed by atoms with Crippen LogP contribution < -0.4 is 10.6 Å². The topological polar surface area (TPSA) is 95.4 Å². The number of benzene rings is 1. The highest BCUT2D eigenvalue weighted by molar-refractivity contribution is 6.06. The van der Waals surface area contributed by atoms with Gasteiger partial charge in [-0.3, -0.25) is 14.3 Å². The lowest BCUT2D eigenvalue weighted by molar-refractivity contribution is -0.132. The second-order valence-electron chi connectivity index (χ2n) is 12.5. The zero-order chi connectivity index (χ0) is 27.6. The van der Waals surface area contributed by atoms with Crippen molar-refractivity contribution < 1.29 is 9.59 Å². The molecule has 9 heteroatoms. The smallest absolute Gasteiger partial charge is 0.254 e. The van der Waals surface area contributed by atoms with E-state index >= 15 is 0 Å². The van der Waals surface area contributed by atoms with Crippen LogP contribution in [0, 0.1) is 5.41 Å². The third-order valence-corrected chi connectivity index (χ3v) is 9.40. The van der Waals surface area contributed by atoms with Gasteiger partial charge in [0.2, 0.25) is 5.91 Å².